The molecular weight excluding hydrogens is 418 g/mol. The zero-order valence-corrected chi connectivity index (χ0v) is 19.5. The van der Waals surface area contributed by atoms with Crippen molar-refractivity contribution in [1.82, 2.24) is 9.97 Å². The number of nitrogens with one attached hydrogen (secondary N) is 2. The Labute approximate surface area is 194 Å². The summed E-state index contributed by atoms with van der Waals surface area (Å²) in [5.74, 6) is 1.09. The minimum absolute atomic E-state index is 0.0868. The number of rotatable bonds is 6. The normalized spacial score (nSPS) is 10.9. The maximum atomic E-state index is 12.3. The van der Waals surface area contributed by atoms with Crippen molar-refractivity contribution in [3.05, 3.63) is 72.2 Å². The van der Waals surface area contributed by atoms with Gasteiger partial charge < -0.3 is 15.0 Å². The van der Waals surface area contributed by atoms with Crippen LogP contribution in [0.4, 0.5) is 27.7 Å². The van der Waals surface area contributed by atoms with E-state index in [1.807, 2.05) is 63.2 Å². The number of aryl methyl sites for hydroxylation is 1. The summed E-state index contributed by atoms with van der Waals surface area (Å²) in [5, 5.41) is 6.02. The first-order valence-electron chi connectivity index (χ1n) is 10.6. The van der Waals surface area contributed by atoms with Gasteiger partial charge in [-0.3, -0.25) is 10.1 Å². The molecule has 0 spiro atoms. The lowest BCUT2D eigenvalue weighted by molar-refractivity contribution is -0.116. The molecule has 0 aliphatic rings. The minimum Gasteiger partial charge on any atom is -0.444 e. The highest BCUT2D eigenvalue weighted by molar-refractivity contribution is 5.91. The lowest BCUT2D eigenvalue weighted by Crippen LogP contribution is -2.28. The highest BCUT2D eigenvalue weighted by atomic mass is 16.6. The van der Waals surface area contributed by atoms with Gasteiger partial charge in [0.15, 0.2) is 0 Å². The van der Waals surface area contributed by atoms with E-state index in [1.54, 1.807) is 30.2 Å². The number of anilines is 4. The van der Waals surface area contributed by atoms with Crippen molar-refractivity contribution in [1.29, 1.82) is 0 Å². The molecule has 3 aromatic rings. The van der Waals surface area contributed by atoms with Crippen molar-refractivity contribution in [2.75, 3.05) is 15.5 Å². The molecule has 0 saturated heterocycles. The molecule has 0 unspecified atom stereocenters. The van der Waals surface area contributed by atoms with Gasteiger partial charge >= 0.3 is 6.09 Å². The minimum atomic E-state index is -0.589. The summed E-state index contributed by atoms with van der Waals surface area (Å²) in [5.41, 5.74) is 2.26. The molecule has 0 radical (unpaired) electrons. The maximum Gasteiger partial charge on any atom is 0.412 e. The van der Waals surface area contributed by atoms with Crippen LogP contribution in [-0.2, 0) is 16.1 Å². The molecule has 2 aromatic carbocycles. The summed E-state index contributed by atoms with van der Waals surface area (Å²) in [6, 6.07) is 16.7. The molecule has 8 heteroatoms. The molecule has 2 N–H and O–H groups in total. The van der Waals surface area contributed by atoms with Crippen LogP contribution in [0.2, 0.25) is 0 Å². The second kappa shape index (κ2) is 10.1. The van der Waals surface area contributed by atoms with E-state index in [-0.39, 0.29) is 5.91 Å². The second-order valence-electron chi connectivity index (χ2n) is 8.56. The number of carbonyl (C=O) groups excluding carboxylic acids is 2. The van der Waals surface area contributed by atoms with Gasteiger partial charge in [-0.05, 0) is 58.0 Å². The Bertz CT molecular complexity index is 1130. The van der Waals surface area contributed by atoms with E-state index in [4.69, 9.17) is 4.74 Å². The third kappa shape index (κ3) is 7.03. The molecule has 2 amide bonds. The van der Waals surface area contributed by atoms with Crippen molar-refractivity contribution < 1.29 is 14.3 Å². The zero-order valence-electron chi connectivity index (χ0n) is 19.5. The van der Waals surface area contributed by atoms with E-state index >= 15 is 0 Å². The standard InChI is InChI=1S/C25H29N5O3/c1-17-26-15-19(16-30(18(2)31)22-12-7-6-8-13-22)23(27-17)28-20-10-9-11-21(14-20)29-24(32)33-25(3,4)5/h6-15H,16H2,1-5H3,(H,29,32)(H,26,27,28). The summed E-state index contributed by atoms with van der Waals surface area (Å²) in [6.45, 7) is 9.06. The zero-order chi connectivity index (χ0) is 24.0. The number of hydrogen-bond donors (Lipinski definition) is 2. The van der Waals surface area contributed by atoms with Gasteiger partial charge in [0, 0.05) is 35.7 Å². The molecule has 1 aromatic heterocycles. The fraction of sp³-hybridized carbons (Fsp3) is 0.280. The van der Waals surface area contributed by atoms with Crippen molar-refractivity contribution in [2.45, 2.75) is 46.8 Å². The molecule has 8 nitrogen and oxygen atoms in total. The molecule has 0 aliphatic carbocycles. The molecule has 0 atom stereocenters. The number of benzene rings is 2. The molecule has 0 fully saturated rings. The monoisotopic (exact) mass is 447 g/mol. The predicted octanol–water partition coefficient (Wildman–Crippen LogP) is 5.43. The van der Waals surface area contributed by atoms with E-state index in [9.17, 15) is 9.59 Å². The molecule has 3 rings (SSSR count). The quantitative estimate of drug-likeness (QED) is 0.523. The second-order valence-corrected chi connectivity index (χ2v) is 8.56. The Hall–Kier alpha value is -3.94. The van der Waals surface area contributed by atoms with Gasteiger partial charge in [-0.25, -0.2) is 14.8 Å². The molecule has 0 saturated carbocycles. The third-order valence-corrected chi connectivity index (χ3v) is 4.53. The molecule has 172 valence electrons. The lowest BCUT2D eigenvalue weighted by atomic mass is 10.2. The van der Waals surface area contributed by atoms with Gasteiger partial charge in [0.2, 0.25) is 5.91 Å². The van der Waals surface area contributed by atoms with Gasteiger partial charge in [-0.15, -0.1) is 0 Å². The first kappa shape index (κ1) is 23.7. The average Bonchev–Trinajstić information content (AvgIpc) is 2.72. The highest BCUT2D eigenvalue weighted by Gasteiger charge is 2.17. The van der Waals surface area contributed by atoms with E-state index in [2.05, 4.69) is 20.6 Å². The number of nitrogens with zero attached hydrogens (tertiary/aromatic N) is 3. The van der Waals surface area contributed by atoms with Gasteiger partial charge in [0.1, 0.15) is 17.2 Å². The van der Waals surface area contributed by atoms with Crippen LogP contribution in [0.3, 0.4) is 0 Å². The van der Waals surface area contributed by atoms with Gasteiger partial charge in [-0.2, -0.15) is 0 Å². The summed E-state index contributed by atoms with van der Waals surface area (Å²) in [7, 11) is 0. The Morgan fingerprint density at radius 1 is 1.03 bits per heavy atom. The number of aromatic nitrogens is 2. The maximum absolute atomic E-state index is 12.3. The number of hydrogen-bond acceptors (Lipinski definition) is 6. The summed E-state index contributed by atoms with van der Waals surface area (Å²) < 4.78 is 5.31. The molecule has 0 aliphatic heterocycles. The topological polar surface area (TPSA) is 96.5 Å². The van der Waals surface area contributed by atoms with E-state index in [0.717, 1.165) is 16.9 Å². The summed E-state index contributed by atoms with van der Waals surface area (Å²) in [4.78, 5) is 35.0. The van der Waals surface area contributed by atoms with Crippen LogP contribution < -0.4 is 15.5 Å². The number of carbonyl (C=O) groups is 2. The van der Waals surface area contributed by atoms with E-state index in [0.29, 0.717) is 23.9 Å². The van der Waals surface area contributed by atoms with Crippen LogP contribution in [0.5, 0.6) is 0 Å². The first-order valence-corrected chi connectivity index (χ1v) is 10.6. The first-order chi connectivity index (χ1) is 15.6. The van der Waals surface area contributed by atoms with Crippen LogP contribution in [0, 0.1) is 6.92 Å². The Balaban J connectivity index is 1.83. The summed E-state index contributed by atoms with van der Waals surface area (Å²) in [6.07, 6.45) is 1.19. The van der Waals surface area contributed by atoms with Crippen LogP contribution in [0.15, 0.2) is 60.8 Å². The van der Waals surface area contributed by atoms with Crippen LogP contribution >= 0.6 is 0 Å². The van der Waals surface area contributed by atoms with E-state index < -0.39 is 11.7 Å². The fourth-order valence-electron chi connectivity index (χ4n) is 3.11. The van der Waals surface area contributed by atoms with Crippen molar-refractivity contribution in [3.8, 4) is 0 Å². The molecule has 33 heavy (non-hydrogen) atoms. The van der Waals surface area contributed by atoms with Crippen LogP contribution in [0.1, 0.15) is 39.1 Å². The highest BCUT2D eigenvalue weighted by Crippen LogP contribution is 2.25. The summed E-state index contributed by atoms with van der Waals surface area (Å²) >= 11 is 0. The fourth-order valence-corrected chi connectivity index (χ4v) is 3.11. The van der Waals surface area contributed by atoms with Crippen molar-refractivity contribution in [2.24, 2.45) is 0 Å². The number of para-hydroxylation sites is 1. The van der Waals surface area contributed by atoms with E-state index in [1.165, 1.54) is 6.92 Å². The lowest BCUT2D eigenvalue weighted by Gasteiger charge is -2.22. The van der Waals surface area contributed by atoms with Crippen LogP contribution in [0.25, 0.3) is 0 Å². The number of amides is 2. The van der Waals surface area contributed by atoms with Crippen molar-refractivity contribution >= 4 is 34.9 Å². The van der Waals surface area contributed by atoms with Gasteiger partial charge in [-0.1, -0.05) is 24.3 Å². The average molecular weight is 448 g/mol. The van der Waals surface area contributed by atoms with Crippen molar-refractivity contribution in [3.63, 3.8) is 0 Å². The van der Waals surface area contributed by atoms with Gasteiger partial charge in [0.05, 0.1) is 6.54 Å². The predicted molar refractivity (Wildman–Crippen MR) is 130 cm³/mol. The molecule has 0 bridgehead atoms. The largest absolute Gasteiger partial charge is 0.444 e. The third-order valence-electron chi connectivity index (χ3n) is 4.53. The Morgan fingerprint density at radius 2 is 1.73 bits per heavy atom. The number of ether oxygens (including phenoxy) is 1. The SMILES string of the molecule is CC(=O)N(Cc1cnc(C)nc1Nc1cccc(NC(=O)OC(C)(C)C)c1)c1ccccc1. The smallest absolute Gasteiger partial charge is 0.412 e. The Morgan fingerprint density at radius 3 is 2.39 bits per heavy atom. The molecular formula is C25H29N5O3. The van der Waals surface area contributed by atoms with Crippen LogP contribution in [-0.4, -0.2) is 27.6 Å². The molecule has 1 heterocycles. The van der Waals surface area contributed by atoms with Gasteiger partial charge in [0.25, 0.3) is 0 Å². The Kier molecular flexibility index (Phi) is 7.27.